The third-order valence-electron chi connectivity index (χ3n) is 4.25. The molecule has 0 atom stereocenters. The van der Waals surface area contributed by atoms with Crippen molar-refractivity contribution in [3.8, 4) is 0 Å². The van der Waals surface area contributed by atoms with Gasteiger partial charge in [0.05, 0.1) is 5.69 Å². The van der Waals surface area contributed by atoms with Gasteiger partial charge in [0.1, 0.15) is 11.1 Å². The summed E-state index contributed by atoms with van der Waals surface area (Å²) in [6, 6.07) is 14.9. The van der Waals surface area contributed by atoms with Crippen LogP contribution in [0.25, 0.3) is 11.0 Å². The third kappa shape index (κ3) is 3.65. The number of fused-ring (bicyclic) bond motifs is 1. The van der Waals surface area contributed by atoms with Crippen LogP contribution in [0.3, 0.4) is 0 Å². The highest BCUT2D eigenvalue weighted by molar-refractivity contribution is 9.10. The van der Waals surface area contributed by atoms with Crippen molar-refractivity contribution in [2.24, 2.45) is 0 Å². The molecule has 0 saturated heterocycles. The van der Waals surface area contributed by atoms with Crippen LogP contribution in [0.5, 0.6) is 0 Å². The summed E-state index contributed by atoms with van der Waals surface area (Å²) >= 11 is 3.40. The molecule has 0 saturated carbocycles. The first-order valence-corrected chi connectivity index (χ1v) is 9.26. The number of nitrogens with one attached hydrogen (secondary N) is 2. The molecule has 0 radical (unpaired) electrons. The highest BCUT2D eigenvalue weighted by atomic mass is 79.9. The first-order chi connectivity index (χ1) is 12.5. The van der Waals surface area contributed by atoms with Gasteiger partial charge >= 0.3 is 0 Å². The van der Waals surface area contributed by atoms with Crippen LogP contribution < -0.4 is 15.8 Å². The van der Waals surface area contributed by atoms with Gasteiger partial charge in [0.2, 0.25) is 5.55 Å². The molecule has 3 rings (SSSR count). The number of nitrogens with zero attached hydrogens (tertiary/aromatic N) is 1. The largest absolute Gasteiger partial charge is 0.438 e. The molecule has 3 aromatic rings. The molecule has 26 heavy (non-hydrogen) atoms. The maximum atomic E-state index is 12.6. The number of amides is 1. The molecular formula is C20H20BrN3O2. The molecule has 0 aliphatic heterocycles. The maximum Gasteiger partial charge on any atom is 0.261 e. The van der Waals surface area contributed by atoms with Crippen LogP contribution in [-0.4, -0.2) is 19.0 Å². The minimum absolute atomic E-state index is 0.154. The lowest BCUT2D eigenvalue weighted by Crippen LogP contribution is -2.22. The SMILES string of the molecule is CCN(CC)c1ccc2cc(C(=O)Nc3ccccc3Br)c(=N)oc2c1. The second-order valence-electron chi connectivity index (χ2n) is 5.82. The van der Waals surface area contributed by atoms with E-state index in [1.165, 1.54) is 0 Å². The molecule has 2 N–H and O–H groups in total. The predicted octanol–water partition coefficient (Wildman–Crippen LogP) is 4.77. The fourth-order valence-corrected chi connectivity index (χ4v) is 3.21. The summed E-state index contributed by atoms with van der Waals surface area (Å²) in [4.78, 5) is 14.8. The molecule has 1 aromatic heterocycles. The van der Waals surface area contributed by atoms with Crippen LogP contribution in [0, 0.1) is 5.41 Å². The molecule has 0 bridgehead atoms. The van der Waals surface area contributed by atoms with Crippen LogP contribution in [0.1, 0.15) is 24.2 Å². The number of carbonyl (C=O) groups excluding carboxylic acids is 1. The zero-order chi connectivity index (χ0) is 18.7. The van der Waals surface area contributed by atoms with E-state index in [1.54, 1.807) is 12.1 Å². The minimum Gasteiger partial charge on any atom is -0.438 e. The Morgan fingerprint density at radius 3 is 2.58 bits per heavy atom. The van der Waals surface area contributed by atoms with E-state index in [0.717, 1.165) is 28.6 Å². The van der Waals surface area contributed by atoms with E-state index < -0.39 is 0 Å². The fraction of sp³-hybridized carbons (Fsp3) is 0.200. The average molecular weight is 414 g/mol. The molecule has 2 aromatic carbocycles. The molecule has 0 fully saturated rings. The highest BCUT2D eigenvalue weighted by Gasteiger charge is 2.14. The molecule has 1 amide bonds. The predicted molar refractivity (Wildman–Crippen MR) is 108 cm³/mol. The van der Waals surface area contributed by atoms with Crippen molar-refractivity contribution in [3.63, 3.8) is 0 Å². The molecule has 0 spiro atoms. The van der Waals surface area contributed by atoms with Crippen molar-refractivity contribution in [2.75, 3.05) is 23.3 Å². The standard InChI is InChI=1S/C20H20BrN3O2/c1-3-24(4-2)14-10-9-13-11-15(19(22)26-18(13)12-14)20(25)23-17-8-6-5-7-16(17)21/h5-12,22H,3-4H2,1-2H3,(H,23,25). The molecule has 1 heterocycles. The summed E-state index contributed by atoms with van der Waals surface area (Å²) in [5.74, 6) is -0.375. The second-order valence-corrected chi connectivity index (χ2v) is 6.67. The third-order valence-corrected chi connectivity index (χ3v) is 4.94. The summed E-state index contributed by atoms with van der Waals surface area (Å²) < 4.78 is 6.41. The number of hydrogen-bond acceptors (Lipinski definition) is 4. The Labute approximate surface area is 160 Å². The zero-order valence-corrected chi connectivity index (χ0v) is 16.3. The minimum atomic E-state index is -0.375. The van der Waals surface area contributed by atoms with Gasteiger partial charge in [-0.15, -0.1) is 0 Å². The van der Waals surface area contributed by atoms with Gasteiger partial charge in [-0.3, -0.25) is 10.2 Å². The monoisotopic (exact) mass is 413 g/mol. The van der Waals surface area contributed by atoms with E-state index in [0.29, 0.717) is 11.3 Å². The number of para-hydroxylation sites is 1. The van der Waals surface area contributed by atoms with Crippen LogP contribution in [0.4, 0.5) is 11.4 Å². The summed E-state index contributed by atoms with van der Waals surface area (Å²) in [6.45, 7) is 5.97. The summed E-state index contributed by atoms with van der Waals surface area (Å²) in [5.41, 5.74) is 2.32. The second kappa shape index (κ2) is 7.74. The van der Waals surface area contributed by atoms with Gasteiger partial charge in [0.15, 0.2) is 0 Å². The number of hydrogen-bond donors (Lipinski definition) is 2. The molecule has 134 valence electrons. The van der Waals surface area contributed by atoms with E-state index >= 15 is 0 Å². The van der Waals surface area contributed by atoms with E-state index in [-0.39, 0.29) is 17.0 Å². The summed E-state index contributed by atoms with van der Waals surface area (Å²) in [5, 5.41) is 11.7. The summed E-state index contributed by atoms with van der Waals surface area (Å²) in [7, 11) is 0. The first kappa shape index (κ1) is 18.2. The normalized spacial score (nSPS) is 10.7. The molecular weight excluding hydrogens is 394 g/mol. The van der Waals surface area contributed by atoms with Crippen molar-refractivity contribution in [2.45, 2.75) is 13.8 Å². The Kier molecular flexibility index (Phi) is 5.42. The van der Waals surface area contributed by atoms with Gasteiger partial charge in [-0.2, -0.15) is 0 Å². The Morgan fingerprint density at radius 1 is 1.15 bits per heavy atom. The average Bonchev–Trinajstić information content (AvgIpc) is 2.64. The number of carbonyl (C=O) groups is 1. The lowest BCUT2D eigenvalue weighted by molar-refractivity contribution is 0.102. The number of benzene rings is 2. The van der Waals surface area contributed by atoms with Gasteiger partial charge in [-0.25, -0.2) is 0 Å². The highest BCUT2D eigenvalue weighted by Crippen LogP contribution is 2.24. The number of halogens is 1. The van der Waals surface area contributed by atoms with Gasteiger partial charge in [0.25, 0.3) is 5.91 Å². The molecule has 0 aliphatic carbocycles. The Balaban J connectivity index is 1.96. The smallest absolute Gasteiger partial charge is 0.261 e. The van der Waals surface area contributed by atoms with Crippen LogP contribution in [0.2, 0.25) is 0 Å². The molecule has 5 nitrogen and oxygen atoms in total. The van der Waals surface area contributed by atoms with E-state index in [9.17, 15) is 4.79 Å². The van der Waals surface area contributed by atoms with Crippen molar-refractivity contribution in [1.29, 1.82) is 5.41 Å². The lowest BCUT2D eigenvalue weighted by atomic mass is 10.1. The van der Waals surface area contributed by atoms with Gasteiger partial charge in [-0.05, 0) is 60.1 Å². The molecule has 6 heteroatoms. The zero-order valence-electron chi connectivity index (χ0n) is 14.7. The van der Waals surface area contributed by atoms with Crippen LogP contribution in [-0.2, 0) is 0 Å². The first-order valence-electron chi connectivity index (χ1n) is 8.46. The van der Waals surface area contributed by atoms with Crippen molar-refractivity contribution in [1.82, 2.24) is 0 Å². The quantitative estimate of drug-likeness (QED) is 0.632. The van der Waals surface area contributed by atoms with Crippen molar-refractivity contribution in [3.05, 3.63) is 64.1 Å². The number of rotatable bonds is 5. The molecule has 0 unspecified atom stereocenters. The van der Waals surface area contributed by atoms with Gasteiger partial charge in [-0.1, -0.05) is 12.1 Å². The van der Waals surface area contributed by atoms with Gasteiger partial charge in [0, 0.05) is 34.7 Å². The van der Waals surface area contributed by atoms with Crippen molar-refractivity contribution >= 4 is 44.2 Å². The van der Waals surface area contributed by atoms with E-state index in [2.05, 4.69) is 40.0 Å². The Bertz CT molecular complexity index is 1010. The van der Waals surface area contributed by atoms with Gasteiger partial charge < -0.3 is 14.6 Å². The van der Waals surface area contributed by atoms with Crippen LogP contribution >= 0.6 is 15.9 Å². The summed E-state index contributed by atoms with van der Waals surface area (Å²) in [6.07, 6.45) is 0. The van der Waals surface area contributed by atoms with Crippen molar-refractivity contribution < 1.29 is 9.21 Å². The number of anilines is 2. The lowest BCUT2D eigenvalue weighted by Gasteiger charge is -2.21. The van der Waals surface area contributed by atoms with Crippen LogP contribution in [0.15, 0.2) is 57.4 Å². The Morgan fingerprint density at radius 2 is 1.88 bits per heavy atom. The van der Waals surface area contributed by atoms with E-state index in [1.807, 2.05) is 36.4 Å². The molecule has 0 aliphatic rings. The fourth-order valence-electron chi connectivity index (χ4n) is 2.82. The topological polar surface area (TPSA) is 69.3 Å². The maximum absolute atomic E-state index is 12.6. The Hall–Kier alpha value is -2.60. The van der Waals surface area contributed by atoms with E-state index in [4.69, 9.17) is 9.83 Å².